The fraction of sp³-hybridized carbons (Fsp3) is 0.850. The predicted octanol–water partition coefficient (Wildman–Crippen LogP) is 4.34. The summed E-state index contributed by atoms with van der Waals surface area (Å²) in [5, 5.41) is 0. The van der Waals surface area contributed by atoms with Crippen molar-refractivity contribution in [3.63, 3.8) is 0 Å². The summed E-state index contributed by atoms with van der Waals surface area (Å²) >= 11 is 0. The molecule has 26 heavy (non-hydrogen) atoms. The number of unbranched alkanes of at least 4 members (excludes halogenated alkanes) is 8. The van der Waals surface area contributed by atoms with E-state index in [-0.39, 0.29) is 18.8 Å². The molecule has 152 valence electrons. The van der Waals surface area contributed by atoms with Crippen molar-refractivity contribution in [2.45, 2.75) is 90.4 Å². The lowest BCUT2D eigenvalue weighted by Crippen LogP contribution is -2.10. The average Bonchev–Trinajstić information content (AvgIpc) is 2.64. The molecule has 0 saturated heterocycles. The molecule has 0 aliphatic heterocycles. The van der Waals surface area contributed by atoms with Crippen molar-refractivity contribution in [3.05, 3.63) is 0 Å². The maximum absolute atomic E-state index is 11.6. The van der Waals surface area contributed by atoms with Crippen LogP contribution in [0.5, 0.6) is 0 Å². The number of rotatable bonds is 17. The van der Waals surface area contributed by atoms with Crippen LogP contribution in [0.1, 0.15) is 90.4 Å². The van der Waals surface area contributed by atoms with Gasteiger partial charge in [-0.2, -0.15) is 0 Å². The second-order valence-electron chi connectivity index (χ2n) is 6.45. The van der Waals surface area contributed by atoms with Crippen molar-refractivity contribution >= 4 is 17.9 Å². The first-order valence-electron chi connectivity index (χ1n) is 9.98. The molecule has 0 N–H and O–H groups in total. The Morgan fingerprint density at radius 1 is 0.577 bits per heavy atom. The summed E-state index contributed by atoms with van der Waals surface area (Å²) < 4.78 is 14.7. The highest BCUT2D eigenvalue weighted by molar-refractivity contribution is 5.77. The first kappa shape index (κ1) is 24.4. The van der Waals surface area contributed by atoms with Gasteiger partial charge in [0.15, 0.2) is 0 Å². The fourth-order valence-electron chi connectivity index (χ4n) is 2.43. The van der Waals surface area contributed by atoms with E-state index in [1.54, 1.807) is 0 Å². The Labute approximate surface area is 157 Å². The Morgan fingerprint density at radius 3 is 1.62 bits per heavy atom. The molecular weight excluding hydrogens is 336 g/mol. The zero-order valence-corrected chi connectivity index (χ0v) is 16.6. The molecule has 0 rings (SSSR count). The molecule has 0 amide bonds. The first-order valence-corrected chi connectivity index (χ1v) is 9.98. The number of esters is 3. The van der Waals surface area contributed by atoms with Gasteiger partial charge in [-0.25, -0.2) is 0 Å². The van der Waals surface area contributed by atoms with E-state index in [4.69, 9.17) is 9.47 Å². The van der Waals surface area contributed by atoms with Gasteiger partial charge in [0.25, 0.3) is 0 Å². The Balaban J connectivity index is 3.33. The highest BCUT2D eigenvalue weighted by Crippen LogP contribution is 2.08. The SMILES string of the molecule is CCCCCCCCCOC(=O)CCCCCOC(=O)CCC(=O)OC. The van der Waals surface area contributed by atoms with Crippen LogP contribution in [-0.4, -0.2) is 38.2 Å². The summed E-state index contributed by atoms with van der Waals surface area (Å²) in [4.78, 5) is 33.8. The van der Waals surface area contributed by atoms with Crippen molar-refractivity contribution < 1.29 is 28.6 Å². The third kappa shape index (κ3) is 17.2. The summed E-state index contributed by atoms with van der Waals surface area (Å²) in [6, 6.07) is 0. The fourth-order valence-corrected chi connectivity index (χ4v) is 2.43. The maximum Gasteiger partial charge on any atom is 0.306 e. The monoisotopic (exact) mass is 372 g/mol. The molecule has 0 spiro atoms. The number of carbonyl (C=O) groups excluding carboxylic acids is 3. The third-order valence-corrected chi connectivity index (χ3v) is 4.06. The van der Waals surface area contributed by atoms with E-state index in [0.717, 1.165) is 25.7 Å². The van der Waals surface area contributed by atoms with Crippen molar-refractivity contribution in [2.75, 3.05) is 20.3 Å². The molecule has 6 heteroatoms. The molecule has 6 nitrogen and oxygen atoms in total. The van der Waals surface area contributed by atoms with Crippen molar-refractivity contribution in [1.29, 1.82) is 0 Å². The molecule has 0 aliphatic carbocycles. The van der Waals surface area contributed by atoms with E-state index < -0.39 is 11.9 Å². The van der Waals surface area contributed by atoms with Crippen LogP contribution < -0.4 is 0 Å². The molecule has 0 aromatic carbocycles. The largest absolute Gasteiger partial charge is 0.469 e. The molecular formula is C20H36O6. The Morgan fingerprint density at radius 2 is 1.04 bits per heavy atom. The van der Waals surface area contributed by atoms with Gasteiger partial charge < -0.3 is 14.2 Å². The first-order chi connectivity index (χ1) is 12.6. The maximum atomic E-state index is 11.6. The molecule has 0 heterocycles. The van der Waals surface area contributed by atoms with Crippen molar-refractivity contribution in [3.8, 4) is 0 Å². The number of ether oxygens (including phenoxy) is 3. The summed E-state index contributed by atoms with van der Waals surface area (Å²) in [5.74, 6) is -0.965. The molecule has 0 aromatic rings. The van der Waals surface area contributed by atoms with Gasteiger partial charge in [-0.1, -0.05) is 45.4 Å². The zero-order chi connectivity index (χ0) is 19.5. The normalized spacial score (nSPS) is 10.4. The number of hydrogen-bond donors (Lipinski definition) is 0. The average molecular weight is 373 g/mol. The van der Waals surface area contributed by atoms with Crippen LogP contribution in [0.2, 0.25) is 0 Å². The van der Waals surface area contributed by atoms with Gasteiger partial charge in [-0.3, -0.25) is 14.4 Å². The Bertz CT molecular complexity index is 380. The number of methoxy groups -OCH3 is 1. The van der Waals surface area contributed by atoms with Crippen LogP contribution in [0.25, 0.3) is 0 Å². The van der Waals surface area contributed by atoms with Gasteiger partial charge in [0.2, 0.25) is 0 Å². The van der Waals surface area contributed by atoms with Gasteiger partial charge in [0, 0.05) is 6.42 Å². The summed E-state index contributed by atoms with van der Waals surface area (Å²) in [5.41, 5.74) is 0. The van der Waals surface area contributed by atoms with E-state index in [9.17, 15) is 14.4 Å². The molecule has 0 fully saturated rings. The van der Waals surface area contributed by atoms with Crippen LogP contribution >= 0.6 is 0 Å². The zero-order valence-electron chi connectivity index (χ0n) is 16.6. The third-order valence-electron chi connectivity index (χ3n) is 4.06. The molecule has 0 bridgehead atoms. The highest BCUT2D eigenvalue weighted by Gasteiger charge is 2.08. The van der Waals surface area contributed by atoms with E-state index in [1.165, 1.54) is 39.2 Å². The summed E-state index contributed by atoms with van der Waals surface area (Å²) in [6.45, 7) is 3.04. The quantitative estimate of drug-likeness (QED) is 0.215. The standard InChI is InChI=1S/C20H36O6/c1-3-4-5-6-7-8-11-16-25-19(22)13-10-9-12-17-26-20(23)15-14-18(21)24-2/h3-17H2,1-2H3. The van der Waals surface area contributed by atoms with Gasteiger partial charge >= 0.3 is 17.9 Å². The minimum atomic E-state index is -0.419. The van der Waals surface area contributed by atoms with E-state index in [0.29, 0.717) is 26.1 Å². The minimum Gasteiger partial charge on any atom is -0.469 e. The van der Waals surface area contributed by atoms with Gasteiger partial charge in [-0.15, -0.1) is 0 Å². The highest BCUT2D eigenvalue weighted by atomic mass is 16.5. The number of hydrogen-bond acceptors (Lipinski definition) is 6. The molecule has 0 unspecified atom stereocenters. The lowest BCUT2D eigenvalue weighted by molar-refractivity contribution is -0.149. The van der Waals surface area contributed by atoms with Crippen molar-refractivity contribution in [2.24, 2.45) is 0 Å². The minimum absolute atomic E-state index is 0.0393. The molecule has 0 radical (unpaired) electrons. The van der Waals surface area contributed by atoms with Crippen LogP contribution in [0, 0.1) is 0 Å². The van der Waals surface area contributed by atoms with E-state index in [2.05, 4.69) is 11.7 Å². The summed E-state index contributed by atoms with van der Waals surface area (Å²) in [6.07, 6.45) is 11.2. The predicted molar refractivity (Wildman–Crippen MR) is 99.6 cm³/mol. The van der Waals surface area contributed by atoms with Crippen LogP contribution in [0.15, 0.2) is 0 Å². The van der Waals surface area contributed by atoms with E-state index in [1.807, 2.05) is 0 Å². The molecule has 0 atom stereocenters. The summed E-state index contributed by atoms with van der Waals surface area (Å²) in [7, 11) is 1.29. The number of carbonyl (C=O) groups is 3. The smallest absolute Gasteiger partial charge is 0.306 e. The van der Waals surface area contributed by atoms with Gasteiger partial charge in [-0.05, 0) is 25.7 Å². The topological polar surface area (TPSA) is 78.9 Å². The van der Waals surface area contributed by atoms with Crippen LogP contribution in [0.3, 0.4) is 0 Å². The van der Waals surface area contributed by atoms with Crippen molar-refractivity contribution in [1.82, 2.24) is 0 Å². The molecule has 0 aliphatic rings. The Kier molecular flexibility index (Phi) is 17.1. The lowest BCUT2D eigenvalue weighted by atomic mass is 10.1. The van der Waals surface area contributed by atoms with Crippen LogP contribution in [-0.2, 0) is 28.6 Å². The molecule has 0 aromatic heterocycles. The molecule has 0 saturated carbocycles. The Hall–Kier alpha value is -1.59. The van der Waals surface area contributed by atoms with Gasteiger partial charge in [0.05, 0.1) is 33.2 Å². The second-order valence-corrected chi connectivity index (χ2v) is 6.45. The second kappa shape index (κ2) is 18.2. The van der Waals surface area contributed by atoms with E-state index >= 15 is 0 Å². The van der Waals surface area contributed by atoms with Gasteiger partial charge in [0.1, 0.15) is 0 Å². The lowest BCUT2D eigenvalue weighted by Gasteiger charge is -2.06. The van der Waals surface area contributed by atoms with Crippen LogP contribution in [0.4, 0.5) is 0 Å².